The van der Waals surface area contributed by atoms with Crippen molar-refractivity contribution in [2.75, 3.05) is 11.9 Å². The molecular weight excluding hydrogens is 314 g/mol. The van der Waals surface area contributed by atoms with Crippen molar-refractivity contribution >= 4 is 33.5 Å². The summed E-state index contributed by atoms with van der Waals surface area (Å²) < 4.78 is 0. The number of aliphatic hydroxyl groups is 1. The minimum absolute atomic E-state index is 0.0356. The molecule has 23 heavy (non-hydrogen) atoms. The van der Waals surface area contributed by atoms with Crippen molar-refractivity contribution < 1.29 is 10.0 Å². The lowest BCUT2D eigenvalue weighted by Crippen LogP contribution is -2.11. The molecule has 0 radical (unpaired) electrons. The smallest absolute Gasteiger partial charge is 0.278 e. The lowest BCUT2D eigenvalue weighted by atomic mass is 10.1. The molecule has 0 amide bonds. The van der Waals surface area contributed by atoms with E-state index < -0.39 is 4.92 Å². The van der Waals surface area contributed by atoms with Crippen LogP contribution < -0.4 is 5.32 Å². The molecule has 0 aliphatic heterocycles. The lowest BCUT2D eigenvalue weighted by Gasteiger charge is -2.19. The van der Waals surface area contributed by atoms with Crippen molar-refractivity contribution in [1.82, 2.24) is 4.98 Å². The van der Waals surface area contributed by atoms with Crippen LogP contribution >= 0.6 is 11.3 Å². The van der Waals surface area contributed by atoms with E-state index in [9.17, 15) is 15.2 Å². The SMILES string of the molecule is O=[N+]([O-])c1ccc(NC(CCO)c2cccs2)c2ccncc12. The highest BCUT2D eigenvalue weighted by Crippen LogP contribution is 2.34. The maximum Gasteiger partial charge on any atom is 0.278 e. The Bertz CT molecular complexity index is 821. The Kier molecular flexibility index (Phi) is 4.50. The van der Waals surface area contributed by atoms with Gasteiger partial charge in [0.2, 0.25) is 0 Å². The van der Waals surface area contributed by atoms with Gasteiger partial charge in [0.15, 0.2) is 0 Å². The number of hydrogen-bond donors (Lipinski definition) is 2. The number of non-ortho nitro benzene ring substituents is 1. The van der Waals surface area contributed by atoms with Gasteiger partial charge >= 0.3 is 0 Å². The second-order valence-electron chi connectivity index (χ2n) is 5.04. The van der Waals surface area contributed by atoms with E-state index in [2.05, 4.69) is 10.3 Å². The van der Waals surface area contributed by atoms with Crippen molar-refractivity contribution in [3.05, 3.63) is 63.1 Å². The first-order valence-corrected chi connectivity index (χ1v) is 8.00. The Labute approximate surface area is 136 Å². The standard InChI is InChI=1S/C16H15N3O3S/c20-8-6-14(16-2-1-9-23-16)18-13-3-4-15(19(21)22)12-10-17-7-5-11(12)13/h1-5,7,9-10,14,18,20H,6,8H2. The highest BCUT2D eigenvalue weighted by atomic mass is 32.1. The van der Waals surface area contributed by atoms with Crippen LogP contribution in [-0.4, -0.2) is 21.6 Å². The third-order valence-corrected chi connectivity index (χ3v) is 4.61. The fourth-order valence-corrected chi connectivity index (χ4v) is 3.36. The van der Waals surface area contributed by atoms with Crippen molar-refractivity contribution in [2.24, 2.45) is 0 Å². The quantitative estimate of drug-likeness (QED) is 0.531. The number of hydrogen-bond acceptors (Lipinski definition) is 6. The van der Waals surface area contributed by atoms with Crippen LogP contribution in [0.5, 0.6) is 0 Å². The molecule has 1 atom stereocenters. The van der Waals surface area contributed by atoms with Crippen molar-refractivity contribution in [2.45, 2.75) is 12.5 Å². The predicted molar refractivity (Wildman–Crippen MR) is 90.8 cm³/mol. The van der Waals surface area contributed by atoms with Crippen molar-refractivity contribution in [1.29, 1.82) is 0 Å². The van der Waals surface area contributed by atoms with Crippen LogP contribution in [0, 0.1) is 10.1 Å². The predicted octanol–water partition coefficient (Wildman–Crippen LogP) is 3.74. The van der Waals surface area contributed by atoms with E-state index in [-0.39, 0.29) is 18.3 Å². The zero-order chi connectivity index (χ0) is 16.2. The van der Waals surface area contributed by atoms with E-state index in [1.807, 2.05) is 17.5 Å². The maximum atomic E-state index is 11.2. The fraction of sp³-hybridized carbons (Fsp3) is 0.188. The number of anilines is 1. The van der Waals surface area contributed by atoms with Gasteiger partial charge in [0.25, 0.3) is 5.69 Å². The Hall–Kier alpha value is -2.51. The van der Waals surface area contributed by atoms with Crippen LogP contribution in [0.1, 0.15) is 17.3 Å². The molecule has 7 heteroatoms. The first kappa shape index (κ1) is 15.4. The van der Waals surface area contributed by atoms with Gasteiger partial charge in [-0.1, -0.05) is 6.07 Å². The molecule has 2 aromatic heterocycles. The molecule has 6 nitrogen and oxygen atoms in total. The van der Waals surface area contributed by atoms with Crippen molar-refractivity contribution in [3.63, 3.8) is 0 Å². The van der Waals surface area contributed by atoms with Crippen molar-refractivity contribution in [3.8, 4) is 0 Å². The summed E-state index contributed by atoms with van der Waals surface area (Å²) in [4.78, 5) is 15.9. The van der Waals surface area contributed by atoms with Gasteiger partial charge in [0, 0.05) is 41.0 Å². The zero-order valence-electron chi connectivity index (χ0n) is 12.2. The molecule has 0 aliphatic carbocycles. The lowest BCUT2D eigenvalue weighted by molar-refractivity contribution is -0.383. The average Bonchev–Trinajstić information content (AvgIpc) is 3.08. The molecule has 0 saturated carbocycles. The molecule has 0 aliphatic rings. The average molecular weight is 329 g/mol. The minimum atomic E-state index is -0.404. The van der Waals surface area contributed by atoms with E-state index in [4.69, 9.17) is 0 Å². The second kappa shape index (κ2) is 6.72. The summed E-state index contributed by atoms with van der Waals surface area (Å²) in [5.41, 5.74) is 0.827. The number of nitro benzene ring substituents is 1. The third-order valence-electron chi connectivity index (χ3n) is 3.63. The third kappa shape index (κ3) is 3.15. The Morgan fingerprint density at radius 3 is 2.87 bits per heavy atom. The summed E-state index contributed by atoms with van der Waals surface area (Å²) in [7, 11) is 0. The summed E-state index contributed by atoms with van der Waals surface area (Å²) in [5, 5.41) is 27.1. The molecule has 1 aromatic carbocycles. The minimum Gasteiger partial charge on any atom is -0.396 e. The number of aliphatic hydroxyl groups excluding tert-OH is 1. The van der Waals surface area contributed by atoms with Gasteiger partial charge < -0.3 is 10.4 Å². The van der Waals surface area contributed by atoms with Gasteiger partial charge in [0.05, 0.1) is 16.4 Å². The fourth-order valence-electron chi connectivity index (χ4n) is 2.55. The second-order valence-corrected chi connectivity index (χ2v) is 6.01. The summed E-state index contributed by atoms with van der Waals surface area (Å²) in [6, 6.07) is 8.87. The summed E-state index contributed by atoms with van der Waals surface area (Å²) in [6.07, 6.45) is 3.68. The topological polar surface area (TPSA) is 88.3 Å². The molecule has 3 aromatic rings. The summed E-state index contributed by atoms with van der Waals surface area (Å²) in [5.74, 6) is 0. The summed E-state index contributed by atoms with van der Waals surface area (Å²) >= 11 is 1.61. The van der Waals surface area contributed by atoms with E-state index in [1.165, 1.54) is 12.3 Å². The van der Waals surface area contributed by atoms with E-state index in [0.29, 0.717) is 11.8 Å². The first-order chi connectivity index (χ1) is 11.2. The molecule has 118 valence electrons. The van der Waals surface area contributed by atoms with Crippen LogP contribution in [-0.2, 0) is 0 Å². The molecule has 3 rings (SSSR count). The van der Waals surface area contributed by atoms with E-state index in [1.54, 1.807) is 29.7 Å². The molecule has 0 spiro atoms. The highest BCUT2D eigenvalue weighted by molar-refractivity contribution is 7.10. The first-order valence-electron chi connectivity index (χ1n) is 7.12. The molecule has 0 fully saturated rings. The largest absolute Gasteiger partial charge is 0.396 e. The number of nitrogens with zero attached hydrogens (tertiary/aromatic N) is 2. The maximum absolute atomic E-state index is 11.2. The molecule has 2 N–H and O–H groups in total. The monoisotopic (exact) mass is 329 g/mol. The molecular formula is C16H15N3O3S. The van der Waals surface area contributed by atoms with Gasteiger partial charge in [-0.25, -0.2) is 0 Å². The van der Waals surface area contributed by atoms with Crippen LogP contribution in [0.25, 0.3) is 10.8 Å². The number of nitrogens with one attached hydrogen (secondary N) is 1. The van der Waals surface area contributed by atoms with E-state index in [0.717, 1.165) is 16.0 Å². The number of aromatic nitrogens is 1. The van der Waals surface area contributed by atoms with Gasteiger partial charge in [0.1, 0.15) is 0 Å². The Morgan fingerprint density at radius 1 is 1.30 bits per heavy atom. The molecule has 1 unspecified atom stereocenters. The van der Waals surface area contributed by atoms with Gasteiger partial charge in [-0.2, -0.15) is 0 Å². The van der Waals surface area contributed by atoms with E-state index >= 15 is 0 Å². The molecule has 0 saturated heterocycles. The number of pyridine rings is 1. The Morgan fingerprint density at radius 2 is 2.17 bits per heavy atom. The molecule has 0 bridgehead atoms. The number of fused-ring (bicyclic) bond motifs is 1. The number of thiophene rings is 1. The van der Waals surface area contributed by atoms with Crippen LogP contribution in [0.4, 0.5) is 11.4 Å². The normalized spacial score (nSPS) is 12.2. The van der Waals surface area contributed by atoms with Gasteiger partial charge in [-0.3, -0.25) is 15.1 Å². The number of rotatable bonds is 6. The number of nitro groups is 1. The van der Waals surface area contributed by atoms with Crippen LogP contribution in [0.15, 0.2) is 48.1 Å². The van der Waals surface area contributed by atoms with Gasteiger partial charge in [-0.05, 0) is 30.0 Å². The highest BCUT2D eigenvalue weighted by Gasteiger charge is 2.17. The van der Waals surface area contributed by atoms with Gasteiger partial charge in [-0.15, -0.1) is 11.3 Å². The number of benzene rings is 1. The summed E-state index contributed by atoms with van der Waals surface area (Å²) in [6.45, 7) is 0.0576. The zero-order valence-corrected chi connectivity index (χ0v) is 13.0. The van der Waals surface area contributed by atoms with Crippen LogP contribution in [0.3, 0.4) is 0 Å². The van der Waals surface area contributed by atoms with Crippen LogP contribution in [0.2, 0.25) is 0 Å². The Balaban J connectivity index is 2.03. The molecule has 2 heterocycles.